The van der Waals surface area contributed by atoms with Crippen molar-refractivity contribution in [2.24, 2.45) is 5.16 Å². The van der Waals surface area contributed by atoms with Gasteiger partial charge in [-0.1, -0.05) is 16.8 Å². The molecule has 0 N–H and O–H groups in total. The first-order chi connectivity index (χ1) is 8.28. The van der Waals surface area contributed by atoms with Gasteiger partial charge in [-0.2, -0.15) is 13.2 Å². The number of rotatable bonds is 1. The van der Waals surface area contributed by atoms with E-state index < -0.39 is 11.8 Å². The number of hydrogen-bond acceptors (Lipinski definition) is 2. The minimum Gasteiger partial charge on any atom is -0.375 e. The minimum absolute atomic E-state index is 0.0596. The van der Waals surface area contributed by atoms with E-state index in [1.54, 1.807) is 0 Å². The summed E-state index contributed by atoms with van der Waals surface area (Å²) in [5.74, 6) is 0. The van der Waals surface area contributed by atoms with Crippen molar-refractivity contribution in [2.45, 2.75) is 18.2 Å². The number of oxime groups is 1. The molecule has 0 aromatic heterocycles. The molecule has 1 unspecified atom stereocenters. The molecule has 18 heavy (non-hydrogen) atoms. The summed E-state index contributed by atoms with van der Waals surface area (Å²) in [6, 6.07) is 2.57. The summed E-state index contributed by atoms with van der Waals surface area (Å²) in [4.78, 5) is 4.60. The summed E-state index contributed by atoms with van der Waals surface area (Å²) in [5.41, 5.74) is -2.50. The lowest BCUT2D eigenvalue weighted by atomic mass is 9.90. The molecule has 0 saturated carbocycles. The summed E-state index contributed by atoms with van der Waals surface area (Å²) in [6.07, 6.45) is -3.84. The highest BCUT2D eigenvalue weighted by atomic mass is 79.9. The van der Waals surface area contributed by atoms with Gasteiger partial charge in [-0.05, 0) is 44.0 Å². The van der Waals surface area contributed by atoms with Crippen LogP contribution >= 0.6 is 43.5 Å². The highest BCUT2D eigenvalue weighted by molar-refractivity contribution is 9.11. The fourth-order valence-electron chi connectivity index (χ4n) is 1.62. The van der Waals surface area contributed by atoms with Crippen LogP contribution < -0.4 is 0 Å². The maximum atomic E-state index is 13.2. The third-order valence-electron chi connectivity index (χ3n) is 2.57. The fraction of sp³-hybridized carbons (Fsp3) is 0.300. The molecule has 1 heterocycles. The lowest BCUT2D eigenvalue weighted by Gasteiger charge is -2.29. The topological polar surface area (TPSA) is 21.6 Å². The summed E-state index contributed by atoms with van der Waals surface area (Å²) in [7, 11) is 0. The maximum Gasteiger partial charge on any atom is 0.435 e. The van der Waals surface area contributed by atoms with Crippen molar-refractivity contribution in [3.05, 3.63) is 31.7 Å². The molecule has 0 bridgehead atoms. The van der Waals surface area contributed by atoms with Crippen LogP contribution in [0.5, 0.6) is 0 Å². The van der Waals surface area contributed by atoms with E-state index >= 15 is 0 Å². The molecule has 0 radical (unpaired) electrons. The molecule has 0 spiro atoms. The first kappa shape index (κ1) is 14.1. The minimum atomic E-state index is -4.57. The molecule has 1 aromatic carbocycles. The largest absolute Gasteiger partial charge is 0.435 e. The predicted molar refractivity (Wildman–Crippen MR) is 68.8 cm³/mol. The van der Waals surface area contributed by atoms with Crippen molar-refractivity contribution in [1.29, 1.82) is 0 Å². The zero-order valence-electron chi connectivity index (χ0n) is 8.56. The van der Waals surface area contributed by atoms with Gasteiger partial charge in [0.2, 0.25) is 0 Å². The Hall–Kier alpha value is -0.270. The molecule has 1 aliphatic heterocycles. The fourth-order valence-corrected chi connectivity index (χ4v) is 2.92. The third kappa shape index (κ3) is 2.16. The van der Waals surface area contributed by atoms with E-state index in [2.05, 4.69) is 41.9 Å². The second kappa shape index (κ2) is 4.68. The number of benzene rings is 1. The number of nitrogens with zero attached hydrogens (tertiary/aromatic N) is 1. The molecule has 1 atom stereocenters. The average molecular weight is 407 g/mol. The van der Waals surface area contributed by atoms with E-state index in [1.165, 1.54) is 12.1 Å². The smallest absolute Gasteiger partial charge is 0.375 e. The molecule has 8 heteroatoms. The summed E-state index contributed by atoms with van der Waals surface area (Å²) in [5, 5.41) is 3.55. The van der Waals surface area contributed by atoms with E-state index in [1.807, 2.05) is 0 Å². The van der Waals surface area contributed by atoms with Crippen molar-refractivity contribution < 1.29 is 18.0 Å². The summed E-state index contributed by atoms with van der Waals surface area (Å²) in [6.45, 7) is 0. The molecule has 0 saturated heterocycles. The number of alkyl halides is 3. The third-order valence-corrected chi connectivity index (χ3v) is 4.68. The Morgan fingerprint density at radius 1 is 1.28 bits per heavy atom. The summed E-state index contributed by atoms with van der Waals surface area (Å²) < 4.78 is 40.3. The van der Waals surface area contributed by atoms with Crippen LogP contribution in [-0.4, -0.2) is 12.4 Å². The molecular formula is C10H5Br2ClF3NO. The van der Waals surface area contributed by atoms with Crippen LogP contribution in [0.15, 0.2) is 26.2 Å². The lowest BCUT2D eigenvalue weighted by Crippen LogP contribution is -2.42. The van der Waals surface area contributed by atoms with Gasteiger partial charge in [0.15, 0.2) is 0 Å². The lowest BCUT2D eigenvalue weighted by molar-refractivity contribution is -0.275. The number of hydrogen-bond donors (Lipinski definition) is 0. The van der Waals surface area contributed by atoms with Crippen molar-refractivity contribution in [1.82, 2.24) is 0 Å². The molecule has 0 amide bonds. The van der Waals surface area contributed by atoms with Crippen molar-refractivity contribution in [2.75, 3.05) is 0 Å². The zero-order chi connectivity index (χ0) is 13.6. The van der Waals surface area contributed by atoms with Crippen LogP contribution in [0.4, 0.5) is 13.2 Å². The molecule has 1 aromatic rings. The van der Waals surface area contributed by atoms with Gasteiger partial charge in [-0.25, -0.2) is 0 Å². The first-order valence-corrected chi connectivity index (χ1v) is 6.66. The Bertz CT molecular complexity index is 487. The normalized spacial score (nSPS) is 23.2. The zero-order valence-corrected chi connectivity index (χ0v) is 12.5. The second-order valence-electron chi connectivity index (χ2n) is 3.66. The van der Waals surface area contributed by atoms with E-state index in [0.717, 1.165) is 6.21 Å². The Morgan fingerprint density at radius 3 is 2.22 bits per heavy atom. The van der Waals surface area contributed by atoms with Gasteiger partial charge in [0.25, 0.3) is 5.60 Å². The Labute approximate surface area is 122 Å². The molecule has 0 aliphatic carbocycles. The SMILES string of the molecule is FC(F)(F)C1(c2cc(Br)c(Cl)c(Br)c2)CC=NO1. The predicted octanol–water partition coefficient (Wildman–Crippen LogP) is 5.03. The van der Waals surface area contributed by atoms with E-state index in [9.17, 15) is 13.2 Å². The molecule has 2 nitrogen and oxygen atoms in total. The van der Waals surface area contributed by atoms with Crippen molar-refractivity contribution >= 4 is 49.7 Å². The van der Waals surface area contributed by atoms with Gasteiger partial charge in [0, 0.05) is 27.1 Å². The van der Waals surface area contributed by atoms with Crippen LogP contribution in [0.1, 0.15) is 12.0 Å². The first-order valence-electron chi connectivity index (χ1n) is 4.70. The van der Waals surface area contributed by atoms with Crippen LogP contribution in [0, 0.1) is 0 Å². The van der Waals surface area contributed by atoms with Gasteiger partial charge in [0.1, 0.15) is 0 Å². The summed E-state index contributed by atoms with van der Waals surface area (Å²) >= 11 is 12.1. The van der Waals surface area contributed by atoms with Crippen molar-refractivity contribution in [3.63, 3.8) is 0 Å². The van der Waals surface area contributed by atoms with Gasteiger partial charge in [-0.15, -0.1) is 0 Å². The van der Waals surface area contributed by atoms with Gasteiger partial charge < -0.3 is 4.84 Å². The van der Waals surface area contributed by atoms with Crippen LogP contribution in [0.25, 0.3) is 0 Å². The van der Waals surface area contributed by atoms with Gasteiger partial charge >= 0.3 is 6.18 Å². The highest BCUT2D eigenvalue weighted by Gasteiger charge is 2.60. The molecule has 1 aliphatic rings. The maximum absolute atomic E-state index is 13.2. The quantitative estimate of drug-likeness (QED) is 0.599. The van der Waals surface area contributed by atoms with E-state index in [-0.39, 0.29) is 12.0 Å². The highest BCUT2D eigenvalue weighted by Crippen LogP contribution is 2.48. The monoisotopic (exact) mass is 405 g/mol. The number of halogens is 6. The molecular weight excluding hydrogens is 402 g/mol. The Kier molecular flexibility index (Phi) is 3.68. The second-order valence-corrected chi connectivity index (χ2v) is 5.75. The van der Waals surface area contributed by atoms with Crippen LogP contribution in [-0.2, 0) is 10.4 Å². The van der Waals surface area contributed by atoms with Gasteiger partial charge in [0.05, 0.1) is 5.02 Å². The standard InChI is InChI=1S/C10H5Br2ClF3NO/c11-6-3-5(4-7(12)8(6)13)9(10(14,15)16)1-2-17-18-9/h2-4H,1H2. The van der Waals surface area contributed by atoms with Crippen molar-refractivity contribution in [3.8, 4) is 0 Å². The molecule has 2 rings (SSSR count). The van der Waals surface area contributed by atoms with Gasteiger partial charge in [-0.3, -0.25) is 0 Å². The van der Waals surface area contributed by atoms with E-state index in [0.29, 0.717) is 14.0 Å². The Balaban J connectivity index is 2.58. The average Bonchev–Trinajstić information content (AvgIpc) is 2.74. The van der Waals surface area contributed by atoms with Crippen LogP contribution in [0.2, 0.25) is 5.02 Å². The molecule has 98 valence electrons. The van der Waals surface area contributed by atoms with E-state index in [4.69, 9.17) is 11.6 Å². The van der Waals surface area contributed by atoms with Crippen LogP contribution in [0.3, 0.4) is 0 Å². The molecule has 0 fully saturated rings. The Morgan fingerprint density at radius 2 is 1.83 bits per heavy atom.